The van der Waals surface area contributed by atoms with E-state index in [0.717, 1.165) is 0 Å². The molecule has 1 unspecified atom stereocenters. The summed E-state index contributed by atoms with van der Waals surface area (Å²) >= 11 is 0. The number of carbonyl (C=O) groups is 1. The summed E-state index contributed by atoms with van der Waals surface area (Å²) in [7, 11) is 1.27. The molecule has 0 N–H and O–H groups in total. The van der Waals surface area contributed by atoms with E-state index in [1.165, 1.54) is 7.11 Å². The minimum Gasteiger partial charge on any atom is -0.463 e. The van der Waals surface area contributed by atoms with Crippen molar-refractivity contribution in [3.05, 3.63) is 19.3 Å². The lowest BCUT2D eigenvalue weighted by molar-refractivity contribution is -0.140. The Morgan fingerprint density at radius 3 is 2.50 bits per heavy atom. The van der Waals surface area contributed by atoms with Crippen LogP contribution in [0.4, 0.5) is 0 Å². The Bertz CT molecular complexity index is 138. The third-order valence-corrected chi connectivity index (χ3v) is 0.757. The second-order valence-corrected chi connectivity index (χ2v) is 1.84. The molecule has 0 saturated heterocycles. The van der Waals surface area contributed by atoms with Crippen LogP contribution in [0.1, 0.15) is 6.92 Å². The number of methoxy groups -OCH3 is 1. The number of esters is 1. The Hall–Kier alpha value is -1.12. The van der Waals surface area contributed by atoms with Gasteiger partial charge in [0, 0.05) is 6.92 Å². The summed E-state index contributed by atoms with van der Waals surface area (Å²) in [4.78, 5) is 10.6. The quantitative estimate of drug-likeness (QED) is 0.255. The van der Waals surface area contributed by atoms with Gasteiger partial charge in [0.05, 0.1) is 7.11 Å². The van der Waals surface area contributed by atoms with E-state index in [2.05, 4.69) is 18.2 Å². The van der Waals surface area contributed by atoms with Gasteiger partial charge in [0.25, 0.3) is 0 Å². The molecule has 0 rings (SSSR count). The molecule has 0 bridgehead atoms. The molecule has 0 aromatic carbocycles. The predicted octanol–water partition coefficient (Wildman–Crippen LogP) is 0.912. The first-order chi connectivity index (χ1) is 4.57. The Balaban J connectivity index is 3.74. The van der Waals surface area contributed by atoms with Crippen LogP contribution in [0, 0.1) is 6.92 Å². The summed E-state index contributed by atoms with van der Waals surface area (Å²) in [5.41, 5.74) is 0. The average Bonchev–Trinajstić information content (AvgIpc) is 1.85. The molecule has 56 valence electrons. The normalized spacial score (nSPS) is 11.8. The molecule has 0 aliphatic rings. The first kappa shape index (κ1) is 8.88. The van der Waals surface area contributed by atoms with Gasteiger partial charge in [-0.15, -0.1) is 0 Å². The van der Waals surface area contributed by atoms with Gasteiger partial charge in [0.2, 0.25) is 11.9 Å². The fraction of sp³-hybridized carbons (Fsp3) is 0.429. The van der Waals surface area contributed by atoms with Gasteiger partial charge in [-0.1, -0.05) is 0 Å². The molecule has 0 aromatic rings. The first-order valence-corrected chi connectivity index (χ1v) is 2.85. The molecule has 0 spiro atoms. The largest absolute Gasteiger partial charge is 0.463 e. The highest BCUT2D eigenvalue weighted by molar-refractivity contribution is 5.85. The topological polar surface area (TPSA) is 35.5 Å². The summed E-state index contributed by atoms with van der Waals surface area (Å²) in [6.45, 7) is 8.54. The van der Waals surface area contributed by atoms with Gasteiger partial charge >= 0.3 is 5.97 Å². The van der Waals surface area contributed by atoms with Gasteiger partial charge in [0.15, 0.2) is 0 Å². The van der Waals surface area contributed by atoms with Crippen molar-refractivity contribution in [2.24, 2.45) is 0 Å². The fourth-order valence-electron chi connectivity index (χ4n) is 0.405. The molecule has 0 saturated carbocycles. The Morgan fingerprint density at radius 1 is 1.70 bits per heavy atom. The highest BCUT2D eigenvalue weighted by Gasteiger charge is 2.11. The standard InChI is InChI=1S/C7H11O3/c1-5(2)10-6(3)7(8)9-4/h5H,1,3H2,2,4H3/q+1. The van der Waals surface area contributed by atoms with E-state index < -0.39 is 5.97 Å². The van der Waals surface area contributed by atoms with Crippen molar-refractivity contribution in [3.8, 4) is 0 Å². The van der Waals surface area contributed by atoms with Crippen LogP contribution in [-0.4, -0.2) is 19.2 Å². The van der Waals surface area contributed by atoms with Crippen molar-refractivity contribution >= 4 is 5.97 Å². The van der Waals surface area contributed by atoms with E-state index in [9.17, 15) is 4.79 Å². The third kappa shape index (κ3) is 3.02. The lowest BCUT2D eigenvalue weighted by Gasteiger charge is -2.04. The van der Waals surface area contributed by atoms with E-state index in [1.54, 1.807) is 6.92 Å². The van der Waals surface area contributed by atoms with Crippen molar-refractivity contribution in [1.82, 2.24) is 0 Å². The van der Waals surface area contributed by atoms with Crippen LogP contribution >= 0.6 is 0 Å². The summed E-state index contributed by atoms with van der Waals surface area (Å²) in [6, 6.07) is 0. The molecule has 1 atom stereocenters. The first-order valence-electron chi connectivity index (χ1n) is 2.85. The van der Waals surface area contributed by atoms with E-state index in [4.69, 9.17) is 4.74 Å². The van der Waals surface area contributed by atoms with E-state index in [-0.39, 0.29) is 11.9 Å². The molecule has 0 aliphatic heterocycles. The molecule has 0 aliphatic carbocycles. The molecular weight excluding hydrogens is 132 g/mol. The van der Waals surface area contributed by atoms with Gasteiger partial charge in [-0.3, -0.25) is 0 Å². The monoisotopic (exact) mass is 143 g/mol. The fourth-order valence-corrected chi connectivity index (χ4v) is 0.405. The zero-order valence-corrected chi connectivity index (χ0v) is 6.22. The molecule has 0 fully saturated rings. The van der Waals surface area contributed by atoms with Crippen LogP contribution in [0.2, 0.25) is 0 Å². The third-order valence-electron chi connectivity index (χ3n) is 0.757. The number of ether oxygens (including phenoxy) is 2. The SMILES string of the molecule is C=C(OC([CH2+])C)C(=O)OC. The van der Waals surface area contributed by atoms with E-state index in [1.807, 2.05) is 0 Å². The maximum Gasteiger partial charge on any atom is 0.372 e. The smallest absolute Gasteiger partial charge is 0.372 e. The molecule has 3 nitrogen and oxygen atoms in total. The van der Waals surface area contributed by atoms with Crippen molar-refractivity contribution < 1.29 is 14.3 Å². The maximum absolute atomic E-state index is 10.6. The molecule has 3 heteroatoms. The van der Waals surface area contributed by atoms with Gasteiger partial charge in [-0.05, 0) is 6.58 Å². The summed E-state index contributed by atoms with van der Waals surface area (Å²) in [5, 5.41) is 0. The van der Waals surface area contributed by atoms with E-state index >= 15 is 0 Å². The van der Waals surface area contributed by atoms with Crippen LogP contribution in [0.15, 0.2) is 12.3 Å². The van der Waals surface area contributed by atoms with E-state index in [0.29, 0.717) is 0 Å². The molecule has 0 heterocycles. The second kappa shape index (κ2) is 3.82. The average molecular weight is 143 g/mol. The van der Waals surface area contributed by atoms with Crippen LogP contribution < -0.4 is 0 Å². The molecule has 0 radical (unpaired) electrons. The van der Waals surface area contributed by atoms with Gasteiger partial charge in [-0.2, -0.15) is 0 Å². The highest BCUT2D eigenvalue weighted by Crippen LogP contribution is 1.99. The Labute approximate surface area is 60.6 Å². The van der Waals surface area contributed by atoms with Crippen LogP contribution in [0.3, 0.4) is 0 Å². The van der Waals surface area contributed by atoms with Gasteiger partial charge in [-0.25, -0.2) is 4.79 Å². The van der Waals surface area contributed by atoms with Crippen molar-refractivity contribution in [1.29, 1.82) is 0 Å². The zero-order valence-electron chi connectivity index (χ0n) is 6.22. The minimum atomic E-state index is -0.560. The number of hydrogen-bond acceptors (Lipinski definition) is 3. The number of carbonyl (C=O) groups excluding carboxylic acids is 1. The predicted molar refractivity (Wildman–Crippen MR) is 37.1 cm³/mol. The zero-order chi connectivity index (χ0) is 8.15. The van der Waals surface area contributed by atoms with Crippen molar-refractivity contribution in [2.75, 3.05) is 7.11 Å². The molecular formula is C7H11O3+. The summed E-state index contributed by atoms with van der Waals surface area (Å²) < 4.78 is 9.14. The highest BCUT2D eigenvalue weighted by atomic mass is 16.6. The number of rotatable bonds is 3. The maximum atomic E-state index is 10.6. The van der Waals surface area contributed by atoms with Crippen LogP contribution in [0.25, 0.3) is 0 Å². The van der Waals surface area contributed by atoms with Crippen LogP contribution in [-0.2, 0) is 14.3 Å². The summed E-state index contributed by atoms with van der Waals surface area (Å²) in [6.07, 6.45) is -0.286. The molecule has 0 amide bonds. The van der Waals surface area contributed by atoms with Crippen molar-refractivity contribution in [3.63, 3.8) is 0 Å². The lowest BCUT2D eigenvalue weighted by Crippen LogP contribution is -2.11. The van der Waals surface area contributed by atoms with Gasteiger partial charge < -0.3 is 9.47 Å². The lowest BCUT2D eigenvalue weighted by atomic mass is 10.4. The Kier molecular flexibility index (Phi) is 3.39. The minimum absolute atomic E-state index is 0.00926. The van der Waals surface area contributed by atoms with Crippen LogP contribution in [0.5, 0.6) is 0 Å². The molecule has 10 heavy (non-hydrogen) atoms. The second-order valence-electron chi connectivity index (χ2n) is 1.84. The molecule has 0 aromatic heterocycles. The number of hydrogen-bond donors (Lipinski definition) is 0. The van der Waals surface area contributed by atoms with Crippen molar-refractivity contribution in [2.45, 2.75) is 13.0 Å². The van der Waals surface area contributed by atoms with Gasteiger partial charge in [0.1, 0.15) is 6.92 Å². The Morgan fingerprint density at radius 2 is 2.20 bits per heavy atom. The summed E-state index contributed by atoms with van der Waals surface area (Å²) in [5.74, 6) is -0.569.